The van der Waals surface area contributed by atoms with E-state index in [0.29, 0.717) is 6.61 Å². The van der Waals surface area contributed by atoms with Crippen LogP contribution in [0.2, 0.25) is 0 Å². The van der Waals surface area contributed by atoms with Crippen molar-refractivity contribution in [3.05, 3.63) is 64.8 Å². The van der Waals surface area contributed by atoms with Gasteiger partial charge in [-0.1, -0.05) is 0 Å². The number of nitrogens with zero attached hydrogens (tertiary/aromatic N) is 2. The van der Waals surface area contributed by atoms with E-state index in [4.69, 9.17) is 9.47 Å². The number of hydrogen-bond acceptors (Lipinski definition) is 5. The Bertz CT molecular complexity index is 892. The second-order valence-electron chi connectivity index (χ2n) is 6.49. The van der Waals surface area contributed by atoms with Crippen LogP contribution in [0.1, 0.15) is 16.0 Å². The first-order valence-electron chi connectivity index (χ1n) is 8.75. The number of aryl methyl sites for hydroxylation is 1. The van der Waals surface area contributed by atoms with Gasteiger partial charge in [0, 0.05) is 47.3 Å². The van der Waals surface area contributed by atoms with E-state index in [9.17, 15) is 0 Å². The standard InChI is InChI=1S/C21H22N2O2S/c1-15-3-4-20(26-15)17-11-18-14-23(13-16-5-7-22-8-6-16)9-10-25-21(18)19(12-17)24-2/h3-8,11-12H,9-10,13-14H2,1-2H3. The molecule has 4 nitrogen and oxygen atoms in total. The summed E-state index contributed by atoms with van der Waals surface area (Å²) < 4.78 is 11.7. The van der Waals surface area contributed by atoms with Gasteiger partial charge >= 0.3 is 0 Å². The van der Waals surface area contributed by atoms with Gasteiger partial charge in [0.25, 0.3) is 0 Å². The van der Waals surface area contributed by atoms with Crippen molar-refractivity contribution in [3.8, 4) is 21.9 Å². The number of fused-ring (bicyclic) bond motifs is 1. The molecule has 1 aliphatic rings. The number of pyridine rings is 1. The molecule has 0 fully saturated rings. The van der Waals surface area contributed by atoms with Crippen molar-refractivity contribution in [2.45, 2.75) is 20.0 Å². The summed E-state index contributed by atoms with van der Waals surface area (Å²) in [7, 11) is 1.71. The van der Waals surface area contributed by atoms with Gasteiger partial charge in [0.1, 0.15) is 6.61 Å². The zero-order valence-corrected chi connectivity index (χ0v) is 15.9. The fourth-order valence-electron chi connectivity index (χ4n) is 3.30. The van der Waals surface area contributed by atoms with Crippen LogP contribution >= 0.6 is 11.3 Å². The molecular weight excluding hydrogens is 344 g/mol. The van der Waals surface area contributed by atoms with Crippen molar-refractivity contribution in [3.63, 3.8) is 0 Å². The molecule has 0 saturated heterocycles. The van der Waals surface area contributed by atoms with Crippen LogP contribution < -0.4 is 9.47 Å². The van der Waals surface area contributed by atoms with Crippen LogP contribution in [0.25, 0.3) is 10.4 Å². The fourth-order valence-corrected chi connectivity index (χ4v) is 4.16. The van der Waals surface area contributed by atoms with E-state index in [1.54, 1.807) is 18.4 Å². The zero-order valence-electron chi connectivity index (χ0n) is 15.1. The summed E-state index contributed by atoms with van der Waals surface area (Å²) in [4.78, 5) is 9.08. The molecule has 1 aromatic carbocycles. The Kier molecular flexibility index (Phi) is 4.91. The van der Waals surface area contributed by atoms with Crippen LogP contribution in [0.5, 0.6) is 11.5 Å². The van der Waals surface area contributed by atoms with Crippen molar-refractivity contribution < 1.29 is 9.47 Å². The third-order valence-electron chi connectivity index (χ3n) is 4.58. The van der Waals surface area contributed by atoms with E-state index in [2.05, 4.69) is 53.2 Å². The van der Waals surface area contributed by atoms with Gasteiger partial charge in [-0.05, 0) is 54.4 Å². The SMILES string of the molecule is COc1cc(-c2ccc(C)s2)cc2c1OCCN(Cc1ccncc1)C2. The van der Waals surface area contributed by atoms with Crippen LogP contribution in [0, 0.1) is 6.92 Å². The number of thiophene rings is 1. The normalized spacial score (nSPS) is 14.4. The molecule has 1 aliphatic heterocycles. The summed E-state index contributed by atoms with van der Waals surface area (Å²) in [6.07, 6.45) is 3.69. The van der Waals surface area contributed by atoms with Crippen molar-refractivity contribution in [2.75, 3.05) is 20.3 Å². The van der Waals surface area contributed by atoms with Crippen LogP contribution in [-0.2, 0) is 13.1 Å². The number of aromatic nitrogens is 1. The molecule has 0 saturated carbocycles. The Balaban J connectivity index is 1.67. The predicted octanol–water partition coefficient (Wildman–Crippen LogP) is 4.52. The van der Waals surface area contributed by atoms with E-state index < -0.39 is 0 Å². The van der Waals surface area contributed by atoms with E-state index in [1.807, 2.05) is 12.4 Å². The van der Waals surface area contributed by atoms with Crippen LogP contribution in [0.3, 0.4) is 0 Å². The number of hydrogen-bond donors (Lipinski definition) is 0. The van der Waals surface area contributed by atoms with E-state index in [0.717, 1.165) is 31.1 Å². The molecule has 3 aromatic rings. The molecule has 0 aliphatic carbocycles. The molecule has 26 heavy (non-hydrogen) atoms. The van der Waals surface area contributed by atoms with Gasteiger partial charge in [-0.2, -0.15) is 0 Å². The lowest BCUT2D eigenvalue weighted by molar-refractivity contribution is 0.217. The summed E-state index contributed by atoms with van der Waals surface area (Å²) in [6, 6.07) is 12.8. The van der Waals surface area contributed by atoms with Gasteiger partial charge in [0.05, 0.1) is 7.11 Å². The van der Waals surface area contributed by atoms with Crippen molar-refractivity contribution >= 4 is 11.3 Å². The van der Waals surface area contributed by atoms with E-state index in [1.165, 1.54) is 26.4 Å². The maximum absolute atomic E-state index is 6.06. The summed E-state index contributed by atoms with van der Waals surface area (Å²) in [5.74, 6) is 1.69. The van der Waals surface area contributed by atoms with Crippen LogP contribution in [0.15, 0.2) is 48.8 Å². The highest BCUT2D eigenvalue weighted by atomic mass is 32.1. The van der Waals surface area contributed by atoms with Crippen LogP contribution in [-0.4, -0.2) is 30.1 Å². The largest absolute Gasteiger partial charge is 0.493 e. The summed E-state index contributed by atoms with van der Waals surface area (Å²) >= 11 is 1.80. The first kappa shape index (κ1) is 17.1. The van der Waals surface area contributed by atoms with Gasteiger partial charge in [-0.15, -0.1) is 11.3 Å². The molecule has 0 bridgehead atoms. The second-order valence-corrected chi connectivity index (χ2v) is 7.78. The van der Waals surface area contributed by atoms with Gasteiger partial charge in [0.15, 0.2) is 11.5 Å². The summed E-state index contributed by atoms with van der Waals surface area (Å²) in [6.45, 7) is 5.40. The zero-order chi connectivity index (χ0) is 17.9. The highest BCUT2D eigenvalue weighted by molar-refractivity contribution is 7.15. The lowest BCUT2D eigenvalue weighted by Crippen LogP contribution is -2.25. The smallest absolute Gasteiger partial charge is 0.165 e. The Labute approximate surface area is 158 Å². The second kappa shape index (κ2) is 7.48. The molecule has 0 unspecified atom stereocenters. The summed E-state index contributed by atoms with van der Waals surface area (Å²) in [5, 5.41) is 0. The Hall–Kier alpha value is -2.37. The average Bonchev–Trinajstić information content (AvgIpc) is 2.99. The quantitative estimate of drug-likeness (QED) is 0.680. The van der Waals surface area contributed by atoms with E-state index in [-0.39, 0.29) is 0 Å². The molecule has 4 rings (SSSR count). The van der Waals surface area contributed by atoms with Crippen molar-refractivity contribution in [2.24, 2.45) is 0 Å². The van der Waals surface area contributed by atoms with Gasteiger partial charge < -0.3 is 9.47 Å². The minimum Gasteiger partial charge on any atom is -0.493 e. The molecule has 0 amide bonds. The number of methoxy groups -OCH3 is 1. The minimum atomic E-state index is 0.659. The monoisotopic (exact) mass is 366 g/mol. The lowest BCUT2D eigenvalue weighted by Gasteiger charge is -2.19. The molecule has 134 valence electrons. The first-order valence-corrected chi connectivity index (χ1v) is 9.56. The number of benzene rings is 1. The Morgan fingerprint density at radius 2 is 2.04 bits per heavy atom. The topological polar surface area (TPSA) is 34.6 Å². The molecule has 2 aromatic heterocycles. The summed E-state index contributed by atoms with van der Waals surface area (Å²) in [5.41, 5.74) is 3.63. The maximum Gasteiger partial charge on any atom is 0.165 e. The Morgan fingerprint density at radius 3 is 2.77 bits per heavy atom. The molecule has 0 radical (unpaired) electrons. The predicted molar refractivity (Wildman–Crippen MR) is 105 cm³/mol. The Morgan fingerprint density at radius 1 is 1.19 bits per heavy atom. The molecule has 0 atom stereocenters. The van der Waals surface area contributed by atoms with Gasteiger partial charge in [-0.3, -0.25) is 9.88 Å². The average molecular weight is 366 g/mol. The van der Waals surface area contributed by atoms with E-state index >= 15 is 0 Å². The maximum atomic E-state index is 6.06. The third-order valence-corrected chi connectivity index (χ3v) is 5.63. The molecule has 0 spiro atoms. The van der Waals surface area contributed by atoms with Gasteiger partial charge in [0.2, 0.25) is 0 Å². The molecule has 5 heteroatoms. The number of ether oxygens (including phenoxy) is 2. The van der Waals surface area contributed by atoms with Gasteiger partial charge in [-0.25, -0.2) is 0 Å². The van der Waals surface area contributed by atoms with Crippen molar-refractivity contribution in [1.82, 2.24) is 9.88 Å². The molecule has 3 heterocycles. The fraction of sp³-hybridized carbons (Fsp3) is 0.286. The number of rotatable bonds is 4. The minimum absolute atomic E-state index is 0.659. The molecular formula is C21H22N2O2S. The highest BCUT2D eigenvalue weighted by Crippen LogP contribution is 2.40. The highest BCUT2D eigenvalue weighted by Gasteiger charge is 2.21. The van der Waals surface area contributed by atoms with Crippen LogP contribution in [0.4, 0.5) is 0 Å². The lowest BCUT2D eigenvalue weighted by atomic mass is 10.1. The first-order chi connectivity index (χ1) is 12.7. The third kappa shape index (κ3) is 3.59. The van der Waals surface area contributed by atoms with Crippen molar-refractivity contribution in [1.29, 1.82) is 0 Å². The molecule has 0 N–H and O–H groups in total.